The van der Waals surface area contributed by atoms with Gasteiger partial charge in [0.05, 0.1) is 30.0 Å². The number of nitrogens with two attached hydrogens (primary N) is 2. The summed E-state index contributed by atoms with van der Waals surface area (Å²) >= 11 is 1.55. The fourth-order valence-electron chi connectivity index (χ4n) is 4.39. The average molecular weight is 451 g/mol. The van der Waals surface area contributed by atoms with Crippen LogP contribution in [0.4, 0.5) is 5.69 Å². The molecule has 1 fully saturated rings. The second-order valence-corrected chi connectivity index (χ2v) is 9.41. The Balaban J connectivity index is 1.52. The third-order valence-corrected chi connectivity index (χ3v) is 7.55. The Hall–Kier alpha value is -2.86. The Morgan fingerprint density at radius 2 is 2.03 bits per heavy atom. The molecule has 0 aliphatic carbocycles. The highest BCUT2D eigenvalue weighted by atomic mass is 32.2. The lowest BCUT2D eigenvalue weighted by molar-refractivity contribution is -0.131. The van der Waals surface area contributed by atoms with Gasteiger partial charge in [0.2, 0.25) is 11.8 Å². The number of hydrogen-bond acceptors (Lipinski definition) is 6. The Morgan fingerprint density at radius 3 is 2.72 bits per heavy atom. The number of nitriles is 1. The average Bonchev–Trinajstić information content (AvgIpc) is 2.80. The Labute approximate surface area is 191 Å². The van der Waals surface area contributed by atoms with Crippen LogP contribution in [0.3, 0.4) is 0 Å². The molecule has 0 bridgehead atoms. The van der Waals surface area contributed by atoms with Crippen molar-refractivity contribution in [1.29, 1.82) is 5.26 Å². The summed E-state index contributed by atoms with van der Waals surface area (Å²) in [6.45, 7) is 0.616. The SMILES string of the molecule is CN1C(=O)CSc2cc(-c3ccc(CC(C#N)C4COCCC4(N)C(N)=O)cc3)ccc21. The minimum atomic E-state index is -1.23. The number of ether oxygens (including phenoxy) is 1. The largest absolute Gasteiger partial charge is 0.381 e. The minimum absolute atomic E-state index is 0.104. The van der Waals surface area contributed by atoms with Crippen molar-refractivity contribution in [2.75, 3.05) is 30.9 Å². The van der Waals surface area contributed by atoms with Crippen LogP contribution in [-0.2, 0) is 20.7 Å². The molecule has 4 N–H and O–H groups in total. The fourth-order valence-corrected chi connectivity index (χ4v) is 5.42. The molecule has 0 spiro atoms. The van der Waals surface area contributed by atoms with Gasteiger partial charge in [0.1, 0.15) is 5.54 Å². The summed E-state index contributed by atoms with van der Waals surface area (Å²) in [4.78, 5) is 26.7. The summed E-state index contributed by atoms with van der Waals surface area (Å²) in [6, 6.07) is 16.4. The molecule has 8 heteroatoms. The van der Waals surface area contributed by atoms with Gasteiger partial charge in [0.25, 0.3) is 0 Å². The van der Waals surface area contributed by atoms with Gasteiger partial charge in [-0.15, -0.1) is 11.8 Å². The molecular weight excluding hydrogens is 424 g/mol. The minimum Gasteiger partial charge on any atom is -0.381 e. The van der Waals surface area contributed by atoms with Gasteiger partial charge in [-0.25, -0.2) is 0 Å². The standard InChI is InChI=1S/C24H26N4O3S/c1-28-20-7-6-17(11-21(20)32-14-22(28)29)16-4-2-15(3-5-16)10-18(12-25)19-13-31-9-8-24(19,27)23(26)30/h2-7,11,18-19H,8-10,13-14,27H2,1H3,(H2,26,30). The lowest BCUT2D eigenvalue weighted by Gasteiger charge is -2.40. The molecule has 3 atom stereocenters. The van der Waals surface area contributed by atoms with Gasteiger partial charge in [-0.2, -0.15) is 5.26 Å². The molecule has 2 amide bonds. The van der Waals surface area contributed by atoms with Gasteiger partial charge in [0, 0.05) is 24.5 Å². The summed E-state index contributed by atoms with van der Waals surface area (Å²) in [5.74, 6) is -0.963. The van der Waals surface area contributed by atoms with E-state index in [9.17, 15) is 14.9 Å². The second-order valence-electron chi connectivity index (χ2n) is 8.40. The van der Waals surface area contributed by atoms with Crippen LogP contribution in [0.1, 0.15) is 12.0 Å². The molecule has 2 aromatic rings. The van der Waals surface area contributed by atoms with E-state index >= 15 is 0 Å². The Morgan fingerprint density at radius 1 is 1.31 bits per heavy atom. The molecule has 2 aliphatic rings. The maximum atomic E-state index is 12.0. The van der Waals surface area contributed by atoms with Crippen LogP contribution in [0, 0.1) is 23.2 Å². The van der Waals surface area contributed by atoms with Crippen LogP contribution in [0.25, 0.3) is 11.1 Å². The quantitative estimate of drug-likeness (QED) is 0.721. The highest BCUT2D eigenvalue weighted by molar-refractivity contribution is 8.00. The summed E-state index contributed by atoms with van der Waals surface area (Å²) < 4.78 is 5.52. The first-order valence-electron chi connectivity index (χ1n) is 10.5. The zero-order chi connectivity index (χ0) is 22.9. The number of thioether (sulfide) groups is 1. The van der Waals surface area contributed by atoms with Gasteiger partial charge in [-0.05, 0) is 41.7 Å². The molecule has 2 aliphatic heterocycles. The number of hydrogen-bond donors (Lipinski definition) is 2. The first-order chi connectivity index (χ1) is 15.3. The van der Waals surface area contributed by atoms with Crippen molar-refractivity contribution < 1.29 is 14.3 Å². The van der Waals surface area contributed by atoms with Crippen molar-refractivity contribution in [3.05, 3.63) is 48.0 Å². The third kappa shape index (κ3) is 4.11. The number of anilines is 1. The smallest absolute Gasteiger partial charge is 0.238 e. The topological polar surface area (TPSA) is 122 Å². The number of fused-ring (bicyclic) bond motifs is 1. The van der Waals surface area contributed by atoms with Gasteiger partial charge >= 0.3 is 0 Å². The molecule has 1 saturated heterocycles. The molecule has 0 saturated carbocycles. The van der Waals surface area contributed by atoms with Crippen molar-refractivity contribution in [3.63, 3.8) is 0 Å². The van der Waals surface area contributed by atoms with Gasteiger partial charge in [0.15, 0.2) is 0 Å². The lowest BCUT2D eigenvalue weighted by atomic mass is 9.71. The highest BCUT2D eigenvalue weighted by Gasteiger charge is 2.47. The Bertz CT molecular complexity index is 1080. The summed E-state index contributed by atoms with van der Waals surface area (Å²) in [5, 5.41) is 9.80. The first kappa shape index (κ1) is 22.3. The molecular formula is C24H26N4O3S. The number of benzene rings is 2. The van der Waals surface area contributed by atoms with E-state index in [0.29, 0.717) is 25.2 Å². The molecule has 4 rings (SSSR count). The molecule has 32 heavy (non-hydrogen) atoms. The lowest BCUT2D eigenvalue weighted by Crippen LogP contribution is -2.63. The maximum absolute atomic E-state index is 12.0. The maximum Gasteiger partial charge on any atom is 0.238 e. The van der Waals surface area contributed by atoms with E-state index in [0.717, 1.165) is 27.3 Å². The van der Waals surface area contributed by atoms with Crippen molar-refractivity contribution in [3.8, 4) is 17.2 Å². The molecule has 2 aromatic carbocycles. The summed E-state index contributed by atoms with van der Waals surface area (Å²) in [6.07, 6.45) is 0.783. The van der Waals surface area contributed by atoms with E-state index in [4.69, 9.17) is 16.2 Å². The molecule has 3 unspecified atom stereocenters. The molecule has 166 valence electrons. The fraction of sp³-hybridized carbons (Fsp3) is 0.375. The Kier molecular flexibility index (Phi) is 6.24. The van der Waals surface area contributed by atoms with Crippen molar-refractivity contribution in [2.24, 2.45) is 23.3 Å². The normalized spacial score (nSPS) is 23.8. The van der Waals surface area contributed by atoms with Crippen LogP contribution in [0.5, 0.6) is 0 Å². The van der Waals surface area contributed by atoms with Crippen LogP contribution in [0.15, 0.2) is 47.4 Å². The van der Waals surface area contributed by atoms with Gasteiger partial charge in [-0.3, -0.25) is 9.59 Å². The van der Waals surface area contributed by atoms with Crippen LogP contribution >= 0.6 is 11.8 Å². The molecule has 0 radical (unpaired) electrons. The van der Waals surface area contributed by atoms with E-state index < -0.39 is 23.3 Å². The van der Waals surface area contributed by atoms with Crippen molar-refractivity contribution >= 4 is 29.3 Å². The van der Waals surface area contributed by atoms with E-state index in [2.05, 4.69) is 12.1 Å². The number of carbonyl (C=O) groups is 2. The zero-order valence-corrected chi connectivity index (χ0v) is 18.7. The van der Waals surface area contributed by atoms with Crippen LogP contribution in [0.2, 0.25) is 0 Å². The number of carbonyl (C=O) groups excluding carboxylic acids is 2. The van der Waals surface area contributed by atoms with E-state index in [1.165, 1.54) is 0 Å². The first-order valence-corrected chi connectivity index (χ1v) is 11.5. The predicted octanol–water partition coefficient (Wildman–Crippen LogP) is 2.32. The second kappa shape index (κ2) is 8.94. The zero-order valence-electron chi connectivity index (χ0n) is 17.9. The van der Waals surface area contributed by atoms with Crippen molar-refractivity contribution in [2.45, 2.75) is 23.3 Å². The number of rotatable bonds is 5. The van der Waals surface area contributed by atoms with Gasteiger partial charge in [-0.1, -0.05) is 30.3 Å². The molecule has 2 heterocycles. The highest BCUT2D eigenvalue weighted by Crippen LogP contribution is 2.38. The van der Waals surface area contributed by atoms with E-state index in [1.54, 1.807) is 23.7 Å². The number of amides is 2. The van der Waals surface area contributed by atoms with Crippen LogP contribution < -0.4 is 16.4 Å². The van der Waals surface area contributed by atoms with E-state index in [1.807, 2.05) is 36.4 Å². The summed E-state index contributed by atoms with van der Waals surface area (Å²) in [5.41, 5.74) is 14.7. The third-order valence-electron chi connectivity index (χ3n) is 6.52. The monoisotopic (exact) mass is 450 g/mol. The molecule has 7 nitrogen and oxygen atoms in total. The number of primary amides is 1. The van der Waals surface area contributed by atoms with Crippen molar-refractivity contribution in [1.82, 2.24) is 0 Å². The summed E-state index contributed by atoms with van der Waals surface area (Å²) in [7, 11) is 1.80. The molecule has 0 aromatic heterocycles. The predicted molar refractivity (Wildman–Crippen MR) is 124 cm³/mol. The number of nitrogens with zero attached hydrogens (tertiary/aromatic N) is 2. The van der Waals surface area contributed by atoms with Gasteiger partial charge < -0.3 is 21.1 Å². The van der Waals surface area contributed by atoms with E-state index in [-0.39, 0.29) is 12.5 Å². The van der Waals surface area contributed by atoms with Crippen LogP contribution in [-0.4, -0.2) is 43.4 Å².